The van der Waals surface area contributed by atoms with Crippen LogP contribution < -0.4 is 5.73 Å². The smallest absolute Gasteiger partial charge is 0.328 e. The van der Waals surface area contributed by atoms with Crippen molar-refractivity contribution in [3.63, 3.8) is 0 Å². The molecule has 1 rings (SSSR count). The summed E-state index contributed by atoms with van der Waals surface area (Å²) in [6, 6.07) is 0. The molecule has 0 amide bonds. The van der Waals surface area contributed by atoms with E-state index in [0.29, 0.717) is 12.8 Å². The molecule has 5 heteroatoms. The van der Waals surface area contributed by atoms with Crippen molar-refractivity contribution in [2.75, 3.05) is 6.54 Å². The second kappa shape index (κ2) is 3.44. The van der Waals surface area contributed by atoms with Gasteiger partial charge in [-0.25, -0.2) is 4.39 Å². The van der Waals surface area contributed by atoms with Gasteiger partial charge >= 0.3 is 6.18 Å². The molecule has 0 spiro atoms. The third kappa shape index (κ3) is 3.14. The van der Waals surface area contributed by atoms with Crippen LogP contribution in [0.5, 0.6) is 0 Å². The van der Waals surface area contributed by atoms with Crippen LogP contribution in [0.1, 0.15) is 25.7 Å². The van der Waals surface area contributed by atoms with Crippen LogP contribution in [0.25, 0.3) is 0 Å². The lowest BCUT2D eigenvalue weighted by Crippen LogP contribution is -2.36. The summed E-state index contributed by atoms with van der Waals surface area (Å²) in [5.74, 6) is -0.236. The van der Waals surface area contributed by atoms with E-state index in [4.69, 9.17) is 5.73 Å². The molecule has 1 aliphatic rings. The molecule has 2 N–H and O–H groups in total. The van der Waals surface area contributed by atoms with E-state index in [0.717, 1.165) is 0 Å². The second-order valence-electron chi connectivity index (χ2n) is 3.63. The van der Waals surface area contributed by atoms with Crippen LogP contribution in [-0.2, 0) is 0 Å². The number of rotatable bonds is 4. The summed E-state index contributed by atoms with van der Waals surface area (Å²) in [5.41, 5.74) is 3.35. The number of hydrogen-bond donors (Lipinski definition) is 1. The Kier molecular flexibility index (Phi) is 2.85. The Labute approximate surface area is 74.3 Å². The van der Waals surface area contributed by atoms with Gasteiger partial charge in [0.2, 0.25) is 0 Å². The summed E-state index contributed by atoms with van der Waals surface area (Å²) in [5, 5.41) is 0. The maximum absolute atomic E-state index is 13.6. The molecule has 0 aliphatic heterocycles. The largest absolute Gasteiger partial charge is 0.389 e. The molecule has 0 aromatic rings. The van der Waals surface area contributed by atoms with Gasteiger partial charge in [-0.1, -0.05) is 0 Å². The molecule has 1 atom stereocenters. The first-order valence-corrected chi connectivity index (χ1v) is 4.33. The quantitative estimate of drug-likeness (QED) is 0.691. The SMILES string of the molecule is NCC(F)(CCC(F)(F)F)C1CC1. The van der Waals surface area contributed by atoms with Crippen molar-refractivity contribution in [1.82, 2.24) is 0 Å². The van der Waals surface area contributed by atoms with Crippen molar-refractivity contribution in [2.24, 2.45) is 11.7 Å². The van der Waals surface area contributed by atoms with E-state index in [1.807, 2.05) is 0 Å². The Morgan fingerprint density at radius 1 is 1.08 bits per heavy atom. The minimum Gasteiger partial charge on any atom is -0.328 e. The van der Waals surface area contributed by atoms with Crippen LogP contribution in [0, 0.1) is 5.92 Å². The number of hydrogen-bond acceptors (Lipinski definition) is 1. The monoisotopic (exact) mass is 199 g/mol. The van der Waals surface area contributed by atoms with Gasteiger partial charge in [0.25, 0.3) is 0 Å². The highest BCUT2D eigenvalue weighted by atomic mass is 19.4. The molecule has 13 heavy (non-hydrogen) atoms. The first-order valence-electron chi connectivity index (χ1n) is 4.33. The molecule has 1 nitrogen and oxygen atoms in total. The van der Waals surface area contributed by atoms with E-state index in [1.54, 1.807) is 0 Å². The van der Waals surface area contributed by atoms with Crippen molar-refractivity contribution in [1.29, 1.82) is 0 Å². The minimum absolute atomic E-state index is 0.236. The minimum atomic E-state index is -4.28. The lowest BCUT2D eigenvalue weighted by molar-refractivity contribution is -0.142. The van der Waals surface area contributed by atoms with Gasteiger partial charge in [-0.15, -0.1) is 0 Å². The van der Waals surface area contributed by atoms with Gasteiger partial charge in [0, 0.05) is 13.0 Å². The fourth-order valence-electron chi connectivity index (χ4n) is 1.42. The molecule has 0 radical (unpaired) electrons. The van der Waals surface area contributed by atoms with Gasteiger partial charge in [0.1, 0.15) is 5.67 Å². The molecule has 0 heterocycles. The molecule has 0 aromatic carbocycles. The fraction of sp³-hybridized carbons (Fsp3) is 1.00. The van der Waals surface area contributed by atoms with Gasteiger partial charge in [0.05, 0.1) is 0 Å². The summed E-state index contributed by atoms with van der Waals surface area (Å²) in [7, 11) is 0. The van der Waals surface area contributed by atoms with Crippen LogP contribution >= 0.6 is 0 Å². The van der Waals surface area contributed by atoms with Gasteiger partial charge in [0.15, 0.2) is 0 Å². The Morgan fingerprint density at radius 3 is 1.92 bits per heavy atom. The van der Waals surface area contributed by atoms with E-state index >= 15 is 0 Å². The maximum Gasteiger partial charge on any atom is 0.389 e. The van der Waals surface area contributed by atoms with Crippen LogP contribution in [0.4, 0.5) is 17.6 Å². The van der Waals surface area contributed by atoms with Gasteiger partial charge in [-0.3, -0.25) is 0 Å². The molecule has 1 fully saturated rings. The molecule has 0 bridgehead atoms. The molecular formula is C8H13F4N. The van der Waals surface area contributed by atoms with E-state index in [-0.39, 0.29) is 12.5 Å². The predicted molar refractivity (Wildman–Crippen MR) is 40.9 cm³/mol. The Morgan fingerprint density at radius 2 is 1.62 bits per heavy atom. The number of halogens is 4. The summed E-state index contributed by atoms with van der Waals surface area (Å²) in [4.78, 5) is 0. The van der Waals surface area contributed by atoms with Gasteiger partial charge in [-0.2, -0.15) is 13.2 Å². The van der Waals surface area contributed by atoms with Crippen molar-refractivity contribution >= 4 is 0 Å². The molecule has 0 aromatic heterocycles. The average Bonchev–Trinajstić information content (AvgIpc) is 2.81. The summed E-state index contributed by atoms with van der Waals surface area (Å²) >= 11 is 0. The maximum atomic E-state index is 13.6. The van der Waals surface area contributed by atoms with E-state index in [1.165, 1.54) is 0 Å². The van der Waals surface area contributed by atoms with Crippen molar-refractivity contribution in [2.45, 2.75) is 37.5 Å². The number of alkyl halides is 4. The summed E-state index contributed by atoms with van der Waals surface area (Å²) in [6.07, 6.45) is -4.49. The molecular weight excluding hydrogens is 186 g/mol. The van der Waals surface area contributed by atoms with Gasteiger partial charge in [-0.05, 0) is 25.2 Å². The zero-order valence-electron chi connectivity index (χ0n) is 7.20. The van der Waals surface area contributed by atoms with Crippen LogP contribution in [-0.4, -0.2) is 18.4 Å². The molecule has 1 unspecified atom stereocenters. The molecule has 1 aliphatic carbocycles. The fourth-order valence-corrected chi connectivity index (χ4v) is 1.42. The Hall–Kier alpha value is -0.320. The van der Waals surface area contributed by atoms with Crippen molar-refractivity contribution in [3.05, 3.63) is 0 Å². The highest BCUT2D eigenvalue weighted by Gasteiger charge is 2.46. The topological polar surface area (TPSA) is 26.0 Å². The summed E-state index contributed by atoms with van der Waals surface area (Å²) in [6.45, 7) is -0.298. The van der Waals surface area contributed by atoms with E-state index < -0.39 is 24.7 Å². The first kappa shape index (κ1) is 10.8. The van der Waals surface area contributed by atoms with E-state index in [9.17, 15) is 17.6 Å². The van der Waals surface area contributed by atoms with Crippen LogP contribution in [0.2, 0.25) is 0 Å². The third-order valence-electron chi connectivity index (χ3n) is 2.47. The van der Waals surface area contributed by atoms with Crippen LogP contribution in [0.15, 0.2) is 0 Å². The Bertz CT molecular complexity index is 175. The molecule has 0 saturated heterocycles. The zero-order valence-corrected chi connectivity index (χ0v) is 7.20. The highest BCUT2D eigenvalue weighted by molar-refractivity contribution is 4.96. The predicted octanol–water partition coefficient (Wildman–Crippen LogP) is 2.41. The third-order valence-corrected chi connectivity index (χ3v) is 2.47. The Balaban J connectivity index is 2.39. The lowest BCUT2D eigenvalue weighted by Gasteiger charge is -2.23. The van der Waals surface area contributed by atoms with Crippen molar-refractivity contribution < 1.29 is 17.6 Å². The average molecular weight is 199 g/mol. The summed E-state index contributed by atoms with van der Waals surface area (Å²) < 4.78 is 49.0. The van der Waals surface area contributed by atoms with E-state index in [2.05, 4.69) is 0 Å². The highest BCUT2D eigenvalue weighted by Crippen LogP contribution is 2.45. The van der Waals surface area contributed by atoms with Crippen LogP contribution in [0.3, 0.4) is 0 Å². The van der Waals surface area contributed by atoms with Gasteiger partial charge < -0.3 is 5.73 Å². The molecule has 1 saturated carbocycles. The molecule has 78 valence electrons. The van der Waals surface area contributed by atoms with Crippen molar-refractivity contribution in [3.8, 4) is 0 Å². The lowest BCUT2D eigenvalue weighted by atomic mass is 9.94. The first-order chi connectivity index (χ1) is 5.87. The zero-order chi connectivity index (χ0) is 10.1. The number of nitrogens with two attached hydrogens (primary N) is 1. The standard InChI is InChI=1S/C8H13F4N/c9-7(5-13,6-1-2-6)3-4-8(10,11)12/h6H,1-5,13H2. The second-order valence-corrected chi connectivity index (χ2v) is 3.63. The normalized spacial score (nSPS) is 22.8.